The van der Waals surface area contributed by atoms with Gasteiger partial charge in [-0.25, -0.2) is 0 Å². The van der Waals surface area contributed by atoms with Crippen molar-refractivity contribution >= 4 is 11.7 Å². The summed E-state index contributed by atoms with van der Waals surface area (Å²) in [6.07, 6.45) is 6.89. The molecule has 1 amide bonds. The van der Waals surface area contributed by atoms with E-state index in [4.69, 9.17) is 19.7 Å². The van der Waals surface area contributed by atoms with E-state index >= 15 is 0 Å². The smallest absolute Gasteiger partial charge is 0.321 e. The summed E-state index contributed by atoms with van der Waals surface area (Å²) in [7, 11) is 3.76. The predicted molar refractivity (Wildman–Crippen MR) is 160 cm³/mol. The highest BCUT2D eigenvalue weighted by Crippen LogP contribution is 2.57. The predicted octanol–water partition coefficient (Wildman–Crippen LogP) is 4.36. The van der Waals surface area contributed by atoms with E-state index in [0.717, 1.165) is 30.6 Å². The number of aromatic nitrogens is 2. The molecule has 0 saturated carbocycles. The summed E-state index contributed by atoms with van der Waals surface area (Å²) in [4.78, 5) is 27.7. The van der Waals surface area contributed by atoms with E-state index in [1.807, 2.05) is 4.90 Å². The van der Waals surface area contributed by atoms with E-state index in [2.05, 4.69) is 66.5 Å². The summed E-state index contributed by atoms with van der Waals surface area (Å²) in [5.41, 5.74) is 3.18. The van der Waals surface area contributed by atoms with Gasteiger partial charge >= 0.3 is 6.01 Å². The molecule has 1 aliphatic carbocycles. The van der Waals surface area contributed by atoms with Gasteiger partial charge in [0, 0.05) is 38.5 Å². The molecular formula is C32H44N6O3. The molecule has 0 bridgehead atoms. The second-order valence-corrected chi connectivity index (χ2v) is 11.7. The number of likely N-dealkylation sites (tertiary alicyclic amines) is 1. The van der Waals surface area contributed by atoms with E-state index in [9.17, 15) is 4.79 Å². The van der Waals surface area contributed by atoms with Crippen molar-refractivity contribution in [2.24, 2.45) is 5.41 Å². The number of hydrogen-bond acceptors (Lipinski definition) is 8. The van der Waals surface area contributed by atoms with Gasteiger partial charge in [0.15, 0.2) is 0 Å². The molecule has 1 unspecified atom stereocenters. The third-order valence-corrected chi connectivity index (χ3v) is 8.68. The maximum atomic E-state index is 12.0. The molecule has 3 aliphatic heterocycles. The van der Waals surface area contributed by atoms with Crippen molar-refractivity contribution < 1.29 is 14.3 Å². The highest BCUT2D eigenvalue weighted by Gasteiger charge is 2.56. The highest BCUT2D eigenvalue weighted by atomic mass is 16.5. The third kappa shape index (κ3) is 6.18. The first-order chi connectivity index (χ1) is 19.7. The summed E-state index contributed by atoms with van der Waals surface area (Å²) in [5, 5.41) is 7.32. The molecule has 0 radical (unpaired) electrons. The van der Waals surface area contributed by atoms with Crippen LogP contribution >= 0.6 is 0 Å². The lowest BCUT2D eigenvalue weighted by molar-refractivity contribution is -0.126. The number of fused-ring (bicyclic) bond motifs is 3. The maximum Gasteiger partial charge on any atom is 0.321 e. The molecule has 4 heterocycles. The van der Waals surface area contributed by atoms with Crippen molar-refractivity contribution in [3.8, 4) is 18.0 Å². The summed E-state index contributed by atoms with van der Waals surface area (Å²) in [6.45, 7) is 14.9. The largest absolute Gasteiger partial charge is 0.467 e. The van der Waals surface area contributed by atoms with Gasteiger partial charge in [0.2, 0.25) is 11.8 Å². The highest BCUT2D eigenvalue weighted by molar-refractivity contribution is 5.87. The Labute approximate surface area is 244 Å². The number of anilines is 1. The molecule has 220 valence electrons. The quantitative estimate of drug-likeness (QED) is 0.511. The molecule has 9 heteroatoms. The average molecular weight is 561 g/mol. The number of piperazine rings is 1. The zero-order valence-corrected chi connectivity index (χ0v) is 25.3. The fourth-order valence-electron chi connectivity index (χ4n) is 6.47. The van der Waals surface area contributed by atoms with Gasteiger partial charge in [0.25, 0.3) is 0 Å². The van der Waals surface area contributed by atoms with Crippen LogP contribution in [0, 0.1) is 16.7 Å². The van der Waals surface area contributed by atoms with E-state index in [0.29, 0.717) is 38.1 Å². The van der Waals surface area contributed by atoms with Crippen LogP contribution in [0.2, 0.25) is 0 Å². The Balaban J connectivity index is 0.000000372. The van der Waals surface area contributed by atoms with E-state index in [1.165, 1.54) is 50.1 Å². The monoisotopic (exact) mass is 560 g/mol. The van der Waals surface area contributed by atoms with Crippen LogP contribution in [-0.2, 0) is 23.2 Å². The van der Waals surface area contributed by atoms with E-state index in [-0.39, 0.29) is 11.3 Å². The van der Waals surface area contributed by atoms with Gasteiger partial charge in [0.05, 0.1) is 18.7 Å². The first-order valence-corrected chi connectivity index (χ1v) is 14.6. The van der Waals surface area contributed by atoms with Crippen LogP contribution in [0.3, 0.4) is 0 Å². The Morgan fingerprint density at radius 2 is 1.78 bits per heavy atom. The fraction of sp³-hybridized carbons (Fsp3) is 0.562. The van der Waals surface area contributed by atoms with Crippen molar-refractivity contribution in [3.05, 3.63) is 53.6 Å². The molecular weight excluding hydrogens is 516 g/mol. The molecule has 1 aromatic carbocycles. The fourth-order valence-corrected chi connectivity index (χ4v) is 6.47. The van der Waals surface area contributed by atoms with Gasteiger partial charge in [-0.05, 0) is 69.4 Å². The number of benzene rings is 1. The van der Waals surface area contributed by atoms with Crippen LogP contribution in [0.5, 0.6) is 11.9 Å². The van der Waals surface area contributed by atoms with Crippen LogP contribution in [0.1, 0.15) is 56.7 Å². The molecule has 4 aliphatic rings. The Bertz CT molecular complexity index is 1270. The number of hydrogen-bond donors (Lipinski definition) is 0. The Morgan fingerprint density at radius 3 is 2.37 bits per heavy atom. The molecule has 1 atom stereocenters. The van der Waals surface area contributed by atoms with E-state index < -0.39 is 5.60 Å². The van der Waals surface area contributed by atoms with Gasteiger partial charge in [-0.15, -0.1) is 0 Å². The third-order valence-electron chi connectivity index (χ3n) is 8.68. The van der Waals surface area contributed by atoms with Crippen LogP contribution in [0.4, 0.5) is 5.82 Å². The number of rotatable bonds is 3. The number of carbonyl (C=O) groups excluding carboxylic acids is 1. The van der Waals surface area contributed by atoms with Gasteiger partial charge in [-0.3, -0.25) is 4.79 Å². The number of ether oxygens (including phenoxy) is 2. The zero-order chi connectivity index (χ0) is 29.6. The lowest BCUT2D eigenvalue weighted by atomic mass is 9.71. The first kappa shape index (κ1) is 30.3. The average Bonchev–Trinajstić information content (AvgIpc) is 3.54. The Hall–Kier alpha value is -3.64. The van der Waals surface area contributed by atoms with Crippen molar-refractivity contribution in [1.29, 1.82) is 5.26 Å². The van der Waals surface area contributed by atoms with Crippen molar-refractivity contribution in [2.45, 2.75) is 58.5 Å². The minimum atomic E-state index is -0.414. The summed E-state index contributed by atoms with van der Waals surface area (Å²) in [6, 6.07) is 10.7. The Morgan fingerprint density at radius 1 is 1.12 bits per heavy atom. The van der Waals surface area contributed by atoms with Gasteiger partial charge < -0.3 is 24.2 Å². The van der Waals surface area contributed by atoms with Crippen LogP contribution < -0.4 is 14.4 Å². The number of carbonyl (C=O) groups is 1. The summed E-state index contributed by atoms with van der Waals surface area (Å²) < 4.78 is 12.3. The van der Waals surface area contributed by atoms with Crippen molar-refractivity contribution in [1.82, 2.24) is 19.8 Å². The van der Waals surface area contributed by atoms with Crippen molar-refractivity contribution in [3.63, 3.8) is 0 Å². The molecule has 2 saturated heterocycles. The second-order valence-electron chi connectivity index (χ2n) is 11.7. The first-order valence-electron chi connectivity index (χ1n) is 14.6. The summed E-state index contributed by atoms with van der Waals surface area (Å²) >= 11 is 0. The van der Waals surface area contributed by atoms with Gasteiger partial charge in [-0.1, -0.05) is 44.7 Å². The topological polar surface area (TPSA) is 94.8 Å². The zero-order valence-electron chi connectivity index (χ0n) is 25.3. The molecule has 9 nitrogen and oxygen atoms in total. The lowest BCUT2D eigenvalue weighted by Gasteiger charge is -2.45. The molecule has 2 fully saturated rings. The van der Waals surface area contributed by atoms with Gasteiger partial charge in [0.1, 0.15) is 11.4 Å². The summed E-state index contributed by atoms with van der Waals surface area (Å²) in [5.74, 6) is 1.45. The molecule has 1 aromatic heterocycles. The normalized spacial score (nSPS) is 22.1. The number of amides is 1. The minimum absolute atomic E-state index is 0.0284. The molecule has 2 aromatic rings. The molecule has 41 heavy (non-hydrogen) atoms. The standard InChI is InChI=1S/C25H30N4O3.C5H11N.C2H3N/c1-5-20(30)28-12-14-29(15-13-28)21-18-10-11-25(32-22(18)27-23(26-21)31-4)19-9-7-6-8-17(19)16-24(25,2)3;1-6-4-2-3-5-6;1-2-3/h5-9H,1,10-16H2,2-4H3;2-5H2,1H3;1H3. The van der Waals surface area contributed by atoms with Crippen LogP contribution in [-0.4, -0.2) is 79.1 Å². The lowest BCUT2D eigenvalue weighted by Crippen LogP contribution is -2.50. The molecule has 1 spiro atoms. The van der Waals surface area contributed by atoms with Crippen LogP contribution in [0.15, 0.2) is 36.9 Å². The maximum absolute atomic E-state index is 12.0. The van der Waals surface area contributed by atoms with Crippen molar-refractivity contribution in [2.75, 3.05) is 58.3 Å². The van der Waals surface area contributed by atoms with Crippen LogP contribution in [0.25, 0.3) is 0 Å². The van der Waals surface area contributed by atoms with E-state index in [1.54, 1.807) is 13.2 Å². The Kier molecular flexibility index (Phi) is 9.54. The minimum Gasteiger partial charge on any atom is -0.467 e. The van der Waals surface area contributed by atoms with Gasteiger partial charge in [-0.2, -0.15) is 15.2 Å². The number of methoxy groups -OCH3 is 1. The molecule has 0 N–H and O–H groups in total. The molecule has 6 rings (SSSR count). The number of nitriles is 1. The number of nitrogens with zero attached hydrogens (tertiary/aromatic N) is 6. The SMILES string of the molecule is C=CC(=O)N1CCN(c2nc(OC)nc3c2CCC2(O3)c3ccccc3CC2(C)C)CC1.CC#N.CN1CCCC1. The second kappa shape index (κ2) is 12.9.